The van der Waals surface area contributed by atoms with Gasteiger partial charge in [0.2, 0.25) is 0 Å². The fourth-order valence-electron chi connectivity index (χ4n) is 1.86. The number of carbonyl (C=O) groups is 1. The molecule has 17 heavy (non-hydrogen) atoms. The number of nitrogens with one attached hydrogen (secondary N) is 3. The topological polar surface area (TPSA) is 66.0 Å². The minimum Gasteiger partial charge on any atom is -0.380 e. The minimum atomic E-state index is -0.164. The smallest absolute Gasteiger partial charge is 0.254 e. The lowest BCUT2D eigenvalue weighted by atomic mass is 10.2. The SMILES string of the molecule is CNC(=O)c1cnc(Cl)cc1N[C@H]1CCNC1. The Hall–Kier alpha value is -1.33. The summed E-state index contributed by atoms with van der Waals surface area (Å²) in [5.41, 5.74) is 1.25. The monoisotopic (exact) mass is 254 g/mol. The fourth-order valence-corrected chi connectivity index (χ4v) is 2.02. The molecular weight excluding hydrogens is 240 g/mol. The molecule has 1 saturated heterocycles. The van der Waals surface area contributed by atoms with E-state index in [-0.39, 0.29) is 5.91 Å². The minimum absolute atomic E-state index is 0.164. The van der Waals surface area contributed by atoms with Gasteiger partial charge >= 0.3 is 0 Å². The number of nitrogens with zero attached hydrogens (tertiary/aromatic N) is 1. The Morgan fingerprint density at radius 1 is 1.65 bits per heavy atom. The Morgan fingerprint density at radius 3 is 3.12 bits per heavy atom. The lowest BCUT2D eigenvalue weighted by Gasteiger charge is -2.15. The summed E-state index contributed by atoms with van der Waals surface area (Å²) >= 11 is 5.85. The maximum atomic E-state index is 11.7. The van der Waals surface area contributed by atoms with Gasteiger partial charge in [-0.3, -0.25) is 4.79 Å². The van der Waals surface area contributed by atoms with Crippen LogP contribution < -0.4 is 16.0 Å². The molecule has 92 valence electrons. The predicted molar refractivity (Wildman–Crippen MR) is 67.5 cm³/mol. The third-order valence-electron chi connectivity index (χ3n) is 2.76. The molecule has 0 unspecified atom stereocenters. The van der Waals surface area contributed by atoms with Gasteiger partial charge in [-0.1, -0.05) is 11.6 Å². The summed E-state index contributed by atoms with van der Waals surface area (Å²) in [6, 6.07) is 2.02. The molecule has 1 aromatic heterocycles. The van der Waals surface area contributed by atoms with Gasteiger partial charge in [0, 0.05) is 25.8 Å². The second-order valence-electron chi connectivity index (χ2n) is 3.97. The molecule has 1 atom stereocenters. The van der Waals surface area contributed by atoms with Crippen molar-refractivity contribution < 1.29 is 4.79 Å². The molecule has 2 rings (SSSR count). The molecule has 0 spiro atoms. The van der Waals surface area contributed by atoms with Crippen LogP contribution in [0.3, 0.4) is 0 Å². The fraction of sp³-hybridized carbons (Fsp3) is 0.455. The predicted octanol–water partition coefficient (Wildman–Crippen LogP) is 0.868. The molecule has 1 aromatic rings. The average molecular weight is 255 g/mol. The number of halogens is 1. The molecule has 1 fully saturated rings. The van der Waals surface area contributed by atoms with Gasteiger partial charge in [0.15, 0.2) is 0 Å². The van der Waals surface area contributed by atoms with Gasteiger partial charge < -0.3 is 16.0 Å². The van der Waals surface area contributed by atoms with Crippen molar-refractivity contribution in [3.63, 3.8) is 0 Å². The molecule has 0 bridgehead atoms. The first-order chi connectivity index (χ1) is 8.20. The maximum absolute atomic E-state index is 11.7. The van der Waals surface area contributed by atoms with Gasteiger partial charge in [-0.15, -0.1) is 0 Å². The lowest BCUT2D eigenvalue weighted by Crippen LogP contribution is -2.25. The summed E-state index contributed by atoms with van der Waals surface area (Å²) in [6.07, 6.45) is 2.53. The Kier molecular flexibility index (Phi) is 3.81. The number of rotatable bonds is 3. The number of amides is 1. The number of aromatic nitrogens is 1. The second kappa shape index (κ2) is 5.33. The summed E-state index contributed by atoms with van der Waals surface area (Å²) < 4.78 is 0. The first-order valence-corrected chi connectivity index (χ1v) is 5.93. The zero-order valence-corrected chi connectivity index (χ0v) is 10.3. The number of hydrogen-bond acceptors (Lipinski definition) is 4. The zero-order valence-electron chi connectivity index (χ0n) is 9.59. The Morgan fingerprint density at radius 2 is 2.47 bits per heavy atom. The standard InChI is InChI=1S/C11H15ClN4O/c1-13-11(17)8-6-15-10(12)4-9(8)16-7-2-3-14-5-7/h4,6-7,14H,2-3,5H2,1H3,(H,13,17)(H,15,16)/t7-/m0/s1. The van der Waals surface area contributed by atoms with Crippen LogP contribution in [-0.4, -0.2) is 37.1 Å². The molecule has 3 N–H and O–H groups in total. The average Bonchev–Trinajstić information content (AvgIpc) is 2.81. The molecule has 1 amide bonds. The third-order valence-corrected chi connectivity index (χ3v) is 2.97. The van der Waals surface area contributed by atoms with E-state index in [1.54, 1.807) is 13.1 Å². The van der Waals surface area contributed by atoms with Gasteiger partial charge in [0.25, 0.3) is 5.91 Å². The lowest BCUT2D eigenvalue weighted by molar-refractivity contribution is 0.0963. The van der Waals surface area contributed by atoms with Crippen LogP contribution in [0.15, 0.2) is 12.3 Å². The van der Waals surface area contributed by atoms with Crippen molar-refractivity contribution in [2.75, 3.05) is 25.5 Å². The molecule has 5 nitrogen and oxygen atoms in total. The molecule has 0 aromatic carbocycles. The van der Waals surface area contributed by atoms with E-state index >= 15 is 0 Å². The normalized spacial score (nSPS) is 19.1. The van der Waals surface area contributed by atoms with E-state index < -0.39 is 0 Å². The molecule has 2 heterocycles. The van der Waals surface area contributed by atoms with E-state index in [2.05, 4.69) is 20.9 Å². The Labute approximate surface area is 105 Å². The molecule has 6 heteroatoms. The van der Waals surface area contributed by atoms with Crippen LogP contribution in [0.25, 0.3) is 0 Å². The quantitative estimate of drug-likeness (QED) is 0.701. The first-order valence-electron chi connectivity index (χ1n) is 5.55. The van der Waals surface area contributed by atoms with Crippen LogP contribution in [0, 0.1) is 0 Å². The summed E-state index contributed by atoms with van der Waals surface area (Å²) in [6.45, 7) is 1.89. The summed E-state index contributed by atoms with van der Waals surface area (Å²) in [7, 11) is 1.60. The second-order valence-corrected chi connectivity index (χ2v) is 4.35. The Bertz CT molecular complexity index is 418. The molecule has 1 aliphatic heterocycles. The molecule has 1 aliphatic rings. The van der Waals surface area contributed by atoms with Crippen molar-refractivity contribution in [2.45, 2.75) is 12.5 Å². The van der Waals surface area contributed by atoms with Gasteiger partial charge in [-0.2, -0.15) is 0 Å². The van der Waals surface area contributed by atoms with E-state index in [4.69, 9.17) is 11.6 Å². The van der Waals surface area contributed by atoms with Crippen LogP contribution >= 0.6 is 11.6 Å². The van der Waals surface area contributed by atoms with Gasteiger partial charge in [-0.25, -0.2) is 4.98 Å². The van der Waals surface area contributed by atoms with Crippen LogP contribution in [0.1, 0.15) is 16.8 Å². The van der Waals surface area contributed by atoms with E-state index in [1.165, 1.54) is 6.20 Å². The van der Waals surface area contributed by atoms with Crippen LogP contribution in [0.5, 0.6) is 0 Å². The van der Waals surface area contributed by atoms with Crippen molar-refractivity contribution >= 4 is 23.2 Å². The summed E-state index contributed by atoms with van der Waals surface area (Å²) in [4.78, 5) is 15.6. The molecule has 0 saturated carbocycles. The highest BCUT2D eigenvalue weighted by Gasteiger charge is 2.18. The van der Waals surface area contributed by atoms with Gasteiger partial charge in [0.1, 0.15) is 5.15 Å². The number of pyridine rings is 1. The highest BCUT2D eigenvalue weighted by Crippen LogP contribution is 2.20. The van der Waals surface area contributed by atoms with E-state index in [0.717, 1.165) is 25.2 Å². The van der Waals surface area contributed by atoms with Gasteiger partial charge in [0.05, 0.1) is 11.3 Å². The molecule has 0 radical (unpaired) electrons. The van der Waals surface area contributed by atoms with Gasteiger partial charge in [-0.05, 0) is 19.0 Å². The highest BCUT2D eigenvalue weighted by atomic mass is 35.5. The number of anilines is 1. The molecular formula is C11H15ClN4O. The summed E-state index contributed by atoms with van der Waals surface area (Å²) in [5, 5.41) is 9.54. The largest absolute Gasteiger partial charge is 0.380 e. The zero-order chi connectivity index (χ0) is 12.3. The van der Waals surface area contributed by atoms with Crippen LogP contribution in [0.4, 0.5) is 5.69 Å². The van der Waals surface area contributed by atoms with Crippen LogP contribution in [0.2, 0.25) is 5.15 Å². The van der Waals surface area contributed by atoms with E-state index in [9.17, 15) is 4.79 Å². The first kappa shape index (κ1) is 12.1. The number of carbonyl (C=O) groups excluding carboxylic acids is 1. The van der Waals surface area contributed by atoms with Crippen molar-refractivity contribution in [3.8, 4) is 0 Å². The van der Waals surface area contributed by atoms with Crippen molar-refractivity contribution in [2.24, 2.45) is 0 Å². The number of hydrogen-bond donors (Lipinski definition) is 3. The van der Waals surface area contributed by atoms with Crippen molar-refractivity contribution in [1.82, 2.24) is 15.6 Å². The van der Waals surface area contributed by atoms with E-state index in [0.29, 0.717) is 16.8 Å². The Balaban J connectivity index is 2.22. The van der Waals surface area contributed by atoms with E-state index in [1.807, 2.05) is 0 Å². The third kappa shape index (κ3) is 2.87. The highest BCUT2D eigenvalue weighted by molar-refractivity contribution is 6.29. The van der Waals surface area contributed by atoms with Crippen LogP contribution in [-0.2, 0) is 0 Å². The van der Waals surface area contributed by atoms with Crippen molar-refractivity contribution in [1.29, 1.82) is 0 Å². The van der Waals surface area contributed by atoms with Crippen molar-refractivity contribution in [3.05, 3.63) is 23.0 Å². The summed E-state index contributed by atoms with van der Waals surface area (Å²) in [5.74, 6) is -0.164. The maximum Gasteiger partial charge on any atom is 0.254 e. The molecule has 0 aliphatic carbocycles.